The third-order valence-corrected chi connectivity index (χ3v) is 2.16. The van der Waals surface area contributed by atoms with Gasteiger partial charge in [-0.25, -0.2) is 0 Å². The van der Waals surface area contributed by atoms with Crippen LogP contribution in [0.1, 0.15) is 46.0 Å². The fourth-order valence-corrected chi connectivity index (χ4v) is 1.32. The topological polar surface area (TPSA) is 24.1 Å². The van der Waals surface area contributed by atoms with Crippen molar-refractivity contribution in [3.8, 4) is 0 Å². The second kappa shape index (κ2) is 11.9. The largest absolute Gasteiger partial charge is 0.317 e. The highest BCUT2D eigenvalue weighted by atomic mass is 14.9. The average molecular weight is 186 g/mol. The molecule has 0 radical (unpaired) electrons. The Morgan fingerprint density at radius 2 is 1.38 bits per heavy atom. The molecule has 0 atom stereocenters. The first kappa shape index (κ1) is 12.9. The molecule has 0 aromatic rings. The van der Waals surface area contributed by atoms with Gasteiger partial charge in [-0.05, 0) is 39.0 Å². The molecule has 0 aliphatic carbocycles. The maximum absolute atomic E-state index is 3.46. The summed E-state index contributed by atoms with van der Waals surface area (Å²) in [6.07, 6.45) is 6.70. The molecule has 13 heavy (non-hydrogen) atoms. The number of nitrogens with one attached hydrogen (secondary N) is 2. The van der Waals surface area contributed by atoms with Gasteiger partial charge in [0.1, 0.15) is 0 Å². The molecule has 0 aromatic carbocycles. The quantitative estimate of drug-likeness (QED) is 0.511. The summed E-state index contributed by atoms with van der Waals surface area (Å²) in [5.74, 6) is 0. The summed E-state index contributed by atoms with van der Waals surface area (Å²) >= 11 is 0. The molecule has 0 saturated carbocycles. The summed E-state index contributed by atoms with van der Waals surface area (Å²) in [6.45, 7) is 9.02. The Hall–Kier alpha value is -0.0800. The minimum absolute atomic E-state index is 1.09. The molecule has 0 fully saturated rings. The van der Waals surface area contributed by atoms with E-state index in [1.54, 1.807) is 0 Å². The van der Waals surface area contributed by atoms with Crippen molar-refractivity contribution in [3.05, 3.63) is 0 Å². The van der Waals surface area contributed by atoms with Gasteiger partial charge in [0, 0.05) is 0 Å². The summed E-state index contributed by atoms with van der Waals surface area (Å²) in [7, 11) is 0. The maximum Gasteiger partial charge on any atom is -0.00368 e. The van der Waals surface area contributed by atoms with Crippen LogP contribution in [0.4, 0.5) is 0 Å². The van der Waals surface area contributed by atoms with Gasteiger partial charge >= 0.3 is 0 Å². The van der Waals surface area contributed by atoms with E-state index in [0.717, 1.165) is 13.1 Å². The van der Waals surface area contributed by atoms with Crippen LogP contribution in [0.15, 0.2) is 0 Å². The summed E-state index contributed by atoms with van der Waals surface area (Å²) in [5, 5.41) is 6.78. The SMILES string of the molecule is CCCCCCNCCCNCC. The maximum atomic E-state index is 3.46. The predicted molar refractivity (Wildman–Crippen MR) is 60.2 cm³/mol. The molecule has 0 aliphatic heterocycles. The highest BCUT2D eigenvalue weighted by Gasteiger charge is 1.88. The standard InChI is InChI=1S/C11H26N2/c1-3-5-6-7-9-13-11-8-10-12-4-2/h12-13H,3-11H2,1-2H3. The molecule has 2 heteroatoms. The molecule has 0 aliphatic rings. The summed E-state index contributed by atoms with van der Waals surface area (Å²) in [5.41, 5.74) is 0. The zero-order chi connectivity index (χ0) is 9.78. The fourth-order valence-electron chi connectivity index (χ4n) is 1.32. The van der Waals surface area contributed by atoms with E-state index in [0.29, 0.717) is 0 Å². The summed E-state index contributed by atoms with van der Waals surface area (Å²) in [6, 6.07) is 0. The molecular weight excluding hydrogens is 160 g/mol. The van der Waals surface area contributed by atoms with Crippen molar-refractivity contribution in [1.82, 2.24) is 10.6 Å². The molecule has 0 rings (SSSR count). The number of hydrogen-bond donors (Lipinski definition) is 2. The van der Waals surface area contributed by atoms with E-state index in [-0.39, 0.29) is 0 Å². The molecule has 0 bridgehead atoms. The van der Waals surface area contributed by atoms with E-state index in [9.17, 15) is 0 Å². The first-order chi connectivity index (χ1) is 6.41. The Morgan fingerprint density at radius 3 is 2.08 bits per heavy atom. The van der Waals surface area contributed by atoms with E-state index in [1.807, 2.05) is 0 Å². The van der Waals surface area contributed by atoms with Crippen LogP contribution in [0, 0.1) is 0 Å². The van der Waals surface area contributed by atoms with Crippen molar-refractivity contribution in [2.24, 2.45) is 0 Å². The molecule has 2 nitrogen and oxygen atoms in total. The highest BCUT2D eigenvalue weighted by Crippen LogP contribution is 1.96. The minimum atomic E-state index is 1.09. The van der Waals surface area contributed by atoms with E-state index in [1.165, 1.54) is 45.2 Å². The van der Waals surface area contributed by atoms with Gasteiger partial charge in [-0.2, -0.15) is 0 Å². The lowest BCUT2D eigenvalue weighted by molar-refractivity contribution is 0.570. The molecule has 0 spiro atoms. The Balaban J connectivity index is 2.76. The highest BCUT2D eigenvalue weighted by molar-refractivity contribution is 4.51. The Kier molecular flexibility index (Phi) is 11.8. The van der Waals surface area contributed by atoms with Crippen LogP contribution in [0.25, 0.3) is 0 Å². The lowest BCUT2D eigenvalue weighted by Crippen LogP contribution is -2.22. The lowest BCUT2D eigenvalue weighted by Gasteiger charge is -2.04. The van der Waals surface area contributed by atoms with Gasteiger partial charge in [0.05, 0.1) is 0 Å². The normalized spacial score (nSPS) is 10.6. The minimum Gasteiger partial charge on any atom is -0.317 e. The van der Waals surface area contributed by atoms with Crippen LogP contribution < -0.4 is 10.6 Å². The molecule has 0 saturated heterocycles. The molecule has 0 aromatic heterocycles. The van der Waals surface area contributed by atoms with Gasteiger partial charge in [0.2, 0.25) is 0 Å². The Bertz CT molecular complexity index is 74.2. The third-order valence-electron chi connectivity index (χ3n) is 2.16. The zero-order valence-corrected chi connectivity index (χ0v) is 9.36. The molecule has 0 heterocycles. The van der Waals surface area contributed by atoms with E-state index < -0.39 is 0 Å². The van der Waals surface area contributed by atoms with Gasteiger partial charge in [-0.1, -0.05) is 33.1 Å². The number of rotatable bonds is 10. The predicted octanol–water partition coefficient (Wildman–Crippen LogP) is 2.16. The van der Waals surface area contributed by atoms with Crippen molar-refractivity contribution < 1.29 is 0 Å². The number of hydrogen-bond acceptors (Lipinski definition) is 2. The van der Waals surface area contributed by atoms with Crippen molar-refractivity contribution in [2.45, 2.75) is 46.0 Å². The molecule has 2 N–H and O–H groups in total. The third kappa shape index (κ3) is 11.9. The molecule has 80 valence electrons. The van der Waals surface area contributed by atoms with Crippen LogP contribution in [0.3, 0.4) is 0 Å². The van der Waals surface area contributed by atoms with Crippen LogP contribution in [0.5, 0.6) is 0 Å². The van der Waals surface area contributed by atoms with Crippen LogP contribution >= 0.6 is 0 Å². The van der Waals surface area contributed by atoms with Gasteiger partial charge < -0.3 is 10.6 Å². The van der Waals surface area contributed by atoms with Crippen LogP contribution in [-0.2, 0) is 0 Å². The molecular formula is C11H26N2. The van der Waals surface area contributed by atoms with Gasteiger partial charge in [0.15, 0.2) is 0 Å². The Morgan fingerprint density at radius 1 is 0.692 bits per heavy atom. The van der Waals surface area contributed by atoms with Crippen molar-refractivity contribution in [2.75, 3.05) is 26.2 Å². The lowest BCUT2D eigenvalue weighted by atomic mass is 10.2. The summed E-state index contributed by atoms with van der Waals surface area (Å²) < 4.78 is 0. The van der Waals surface area contributed by atoms with Gasteiger partial charge in [0.25, 0.3) is 0 Å². The monoisotopic (exact) mass is 186 g/mol. The summed E-state index contributed by atoms with van der Waals surface area (Å²) in [4.78, 5) is 0. The smallest absolute Gasteiger partial charge is 0.00368 e. The second-order valence-corrected chi connectivity index (χ2v) is 3.52. The average Bonchev–Trinajstić information content (AvgIpc) is 2.16. The first-order valence-electron chi connectivity index (χ1n) is 5.83. The van der Waals surface area contributed by atoms with Crippen molar-refractivity contribution in [3.63, 3.8) is 0 Å². The van der Waals surface area contributed by atoms with Gasteiger partial charge in [-0.15, -0.1) is 0 Å². The zero-order valence-electron chi connectivity index (χ0n) is 9.36. The van der Waals surface area contributed by atoms with Crippen molar-refractivity contribution in [1.29, 1.82) is 0 Å². The van der Waals surface area contributed by atoms with E-state index in [4.69, 9.17) is 0 Å². The second-order valence-electron chi connectivity index (χ2n) is 3.52. The number of unbranched alkanes of at least 4 members (excludes halogenated alkanes) is 3. The van der Waals surface area contributed by atoms with E-state index in [2.05, 4.69) is 24.5 Å². The van der Waals surface area contributed by atoms with Crippen LogP contribution in [-0.4, -0.2) is 26.2 Å². The first-order valence-corrected chi connectivity index (χ1v) is 5.83. The molecule has 0 unspecified atom stereocenters. The Labute approximate surface area is 83.5 Å². The van der Waals surface area contributed by atoms with Gasteiger partial charge in [-0.3, -0.25) is 0 Å². The molecule has 0 amide bonds. The fraction of sp³-hybridized carbons (Fsp3) is 1.00. The van der Waals surface area contributed by atoms with Crippen LogP contribution in [0.2, 0.25) is 0 Å². The van der Waals surface area contributed by atoms with Crippen molar-refractivity contribution >= 4 is 0 Å². The van der Waals surface area contributed by atoms with E-state index >= 15 is 0 Å².